The minimum Gasteiger partial charge on any atom is -0.494 e. The highest BCUT2D eigenvalue weighted by Crippen LogP contribution is 2.25. The van der Waals surface area contributed by atoms with Gasteiger partial charge in [-0.15, -0.1) is 0 Å². The van der Waals surface area contributed by atoms with Gasteiger partial charge in [-0.3, -0.25) is 4.79 Å². The molecule has 0 aliphatic rings. The fraction of sp³-hybridized carbons (Fsp3) is 0.350. The Kier molecular flexibility index (Phi) is 7.26. The van der Waals surface area contributed by atoms with Crippen molar-refractivity contribution in [3.05, 3.63) is 58.4 Å². The highest BCUT2D eigenvalue weighted by atomic mass is 35.5. The molecule has 0 spiro atoms. The minimum atomic E-state index is -3.77. The van der Waals surface area contributed by atoms with Crippen molar-refractivity contribution >= 4 is 27.5 Å². The lowest BCUT2D eigenvalue weighted by atomic mass is 10.1. The van der Waals surface area contributed by atoms with Gasteiger partial charge in [0, 0.05) is 13.1 Å². The first-order valence-corrected chi connectivity index (χ1v) is 10.7. The summed E-state index contributed by atoms with van der Waals surface area (Å²) >= 11 is 6.13. The third-order valence-electron chi connectivity index (χ3n) is 4.61. The molecule has 1 N–H and O–H groups in total. The summed E-state index contributed by atoms with van der Waals surface area (Å²) in [6.07, 6.45) is 0. The molecule has 1 amide bonds. The van der Waals surface area contributed by atoms with Gasteiger partial charge in [0.25, 0.3) is 5.91 Å². The average Bonchev–Trinajstić information content (AvgIpc) is 2.67. The smallest absolute Gasteiger partial charge is 0.253 e. The molecule has 0 aliphatic carbocycles. The first kappa shape index (κ1) is 23.1. The lowest BCUT2D eigenvalue weighted by molar-refractivity contribution is 0.0939. The van der Waals surface area contributed by atoms with E-state index in [0.717, 1.165) is 0 Å². The summed E-state index contributed by atoms with van der Waals surface area (Å²) in [5.74, 6) is -1.01. The van der Waals surface area contributed by atoms with Gasteiger partial charge in [-0.25, -0.2) is 12.8 Å². The molecule has 0 bridgehead atoms. The van der Waals surface area contributed by atoms with Crippen LogP contribution in [0.25, 0.3) is 0 Å². The molecule has 0 heterocycles. The van der Waals surface area contributed by atoms with Gasteiger partial charge in [0.1, 0.15) is 0 Å². The van der Waals surface area contributed by atoms with Crippen molar-refractivity contribution in [2.75, 3.05) is 14.2 Å². The Hall–Kier alpha value is -2.16. The van der Waals surface area contributed by atoms with Crippen LogP contribution in [0.3, 0.4) is 0 Å². The number of nitrogens with one attached hydrogen (secondary N) is 1. The zero-order chi connectivity index (χ0) is 21.9. The maximum absolute atomic E-state index is 13.9. The summed E-state index contributed by atoms with van der Waals surface area (Å²) in [4.78, 5) is 12.7. The zero-order valence-electron chi connectivity index (χ0n) is 16.9. The van der Waals surface area contributed by atoms with Gasteiger partial charge in [-0.2, -0.15) is 4.31 Å². The number of carbonyl (C=O) groups is 1. The number of hydrogen-bond acceptors (Lipinski definition) is 4. The molecule has 0 radical (unpaired) electrons. The van der Waals surface area contributed by atoms with Crippen molar-refractivity contribution in [3.63, 3.8) is 0 Å². The van der Waals surface area contributed by atoms with Crippen LogP contribution >= 0.6 is 11.6 Å². The van der Waals surface area contributed by atoms with Crippen LogP contribution in [0.2, 0.25) is 5.02 Å². The molecular formula is C20H24ClFN2O4S. The maximum Gasteiger partial charge on any atom is 0.253 e. The number of carbonyl (C=O) groups excluding carboxylic acids is 1. The molecule has 29 heavy (non-hydrogen) atoms. The highest BCUT2D eigenvalue weighted by molar-refractivity contribution is 7.89. The van der Waals surface area contributed by atoms with Crippen molar-refractivity contribution in [1.29, 1.82) is 0 Å². The Labute approximate surface area is 175 Å². The maximum atomic E-state index is 13.9. The fourth-order valence-corrected chi connectivity index (χ4v) is 4.19. The second kappa shape index (κ2) is 9.11. The topological polar surface area (TPSA) is 75.7 Å². The van der Waals surface area contributed by atoms with Crippen LogP contribution in [0.4, 0.5) is 4.39 Å². The van der Waals surface area contributed by atoms with E-state index in [0.29, 0.717) is 5.56 Å². The van der Waals surface area contributed by atoms with Crippen LogP contribution in [-0.4, -0.2) is 38.8 Å². The number of ether oxygens (including phenoxy) is 1. The molecule has 0 aliphatic heterocycles. The van der Waals surface area contributed by atoms with Crippen LogP contribution in [-0.2, 0) is 10.0 Å². The van der Waals surface area contributed by atoms with Crippen LogP contribution in [0, 0.1) is 5.82 Å². The molecular weight excluding hydrogens is 419 g/mol. The normalized spacial score (nSPS) is 12.9. The molecule has 0 saturated heterocycles. The number of amides is 1. The van der Waals surface area contributed by atoms with E-state index in [4.69, 9.17) is 16.3 Å². The van der Waals surface area contributed by atoms with Crippen LogP contribution < -0.4 is 10.1 Å². The first-order chi connectivity index (χ1) is 13.5. The van der Waals surface area contributed by atoms with Crippen LogP contribution in [0.15, 0.2) is 41.3 Å². The quantitative estimate of drug-likeness (QED) is 0.703. The van der Waals surface area contributed by atoms with Gasteiger partial charge in [0.15, 0.2) is 11.6 Å². The minimum absolute atomic E-state index is 0.0192. The molecule has 2 rings (SSSR count). The largest absolute Gasteiger partial charge is 0.494 e. The molecule has 0 saturated carbocycles. The van der Waals surface area contributed by atoms with Gasteiger partial charge in [0.05, 0.1) is 28.6 Å². The van der Waals surface area contributed by atoms with Crippen molar-refractivity contribution in [3.8, 4) is 5.75 Å². The predicted octanol–water partition coefficient (Wildman–Crippen LogP) is 4.01. The molecule has 1 atom stereocenters. The lowest BCUT2D eigenvalue weighted by Gasteiger charge is -2.21. The zero-order valence-corrected chi connectivity index (χ0v) is 18.4. The highest BCUT2D eigenvalue weighted by Gasteiger charge is 2.25. The van der Waals surface area contributed by atoms with Crippen molar-refractivity contribution < 1.29 is 22.3 Å². The molecule has 0 fully saturated rings. The number of hydrogen-bond donors (Lipinski definition) is 1. The Morgan fingerprint density at radius 2 is 1.83 bits per heavy atom. The second-order valence-corrected chi connectivity index (χ2v) is 9.25. The van der Waals surface area contributed by atoms with Crippen molar-refractivity contribution in [1.82, 2.24) is 9.62 Å². The first-order valence-electron chi connectivity index (χ1n) is 8.91. The van der Waals surface area contributed by atoms with Gasteiger partial charge < -0.3 is 10.1 Å². The summed E-state index contributed by atoms with van der Waals surface area (Å²) in [7, 11) is -0.943. The molecule has 2 aromatic rings. The summed E-state index contributed by atoms with van der Waals surface area (Å²) in [6.45, 7) is 5.17. The monoisotopic (exact) mass is 442 g/mol. The van der Waals surface area contributed by atoms with E-state index in [2.05, 4.69) is 5.32 Å². The standard InChI is InChI=1S/C20H24ClFN2O4S/c1-12(2)24(4)29(26,27)15-7-8-17(21)16(11-15)20(25)23-13(3)14-6-9-19(28-5)18(22)10-14/h6-13H,1-5H3,(H,23,25). The summed E-state index contributed by atoms with van der Waals surface area (Å²) in [5.41, 5.74) is 0.543. The number of halogens is 2. The average molecular weight is 443 g/mol. The number of nitrogens with zero attached hydrogens (tertiary/aromatic N) is 1. The van der Waals surface area contributed by atoms with E-state index in [1.54, 1.807) is 26.8 Å². The van der Waals surface area contributed by atoms with Gasteiger partial charge in [-0.05, 0) is 56.7 Å². The third kappa shape index (κ3) is 5.07. The number of methoxy groups -OCH3 is 1. The van der Waals surface area contributed by atoms with Crippen molar-refractivity contribution in [2.24, 2.45) is 0 Å². The molecule has 6 nitrogen and oxygen atoms in total. The SMILES string of the molecule is COc1ccc(C(C)NC(=O)c2cc(S(=O)(=O)N(C)C(C)C)ccc2Cl)cc1F. The van der Waals surface area contributed by atoms with Gasteiger partial charge in [0.2, 0.25) is 10.0 Å². The Bertz CT molecular complexity index is 1010. The Morgan fingerprint density at radius 1 is 1.17 bits per heavy atom. The van der Waals surface area contributed by atoms with Crippen LogP contribution in [0.5, 0.6) is 5.75 Å². The van der Waals surface area contributed by atoms with E-state index in [1.165, 1.54) is 48.8 Å². The van der Waals surface area contributed by atoms with Crippen LogP contribution in [0.1, 0.15) is 42.7 Å². The molecule has 9 heteroatoms. The Morgan fingerprint density at radius 3 is 2.38 bits per heavy atom. The fourth-order valence-electron chi connectivity index (χ4n) is 2.59. The molecule has 0 aromatic heterocycles. The number of rotatable bonds is 7. The molecule has 1 unspecified atom stereocenters. The van der Waals surface area contributed by atoms with E-state index in [9.17, 15) is 17.6 Å². The molecule has 2 aromatic carbocycles. The second-order valence-electron chi connectivity index (χ2n) is 6.85. The van der Waals surface area contributed by atoms with Gasteiger partial charge in [-0.1, -0.05) is 17.7 Å². The third-order valence-corrected chi connectivity index (χ3v) is 6.97. The molecule has 158 valence electrons. The Balaban J connectivity index is 2.30. The number of benzene rings is 2. The van der Waals surface area contributed by atoms with E-state index >= 15 is 0 Å². The summed E-state index contributed by atoms with van der Waals surface area (Å²) in [5, 5.41) is 2.82. The van der Waals surface area contributed by atoms with Crippen molar-refractivity contribution in [2.45, 2.75) is 37.8 Å². The number of sulfonamides is 1. The van der Waals surface area contributed by atoms with E-state index in [-0.39, 0.29) is 27.3 Å². The lowest BCUT2D eigenvalue weighted by Crippen LogP contribution is -2.33. The summed E-state index contributed by atoms with van der Waals surface area (Å²) in [6, 6.07) is 7.54. The predicted molar refractivity (Wildman–Crippen MR) is 110 cm³/mol. The summed E-state index contributed by atoms with van der Waals surface area (Å²) < 4.78 is 45.4. The van der Waals surface area contributed by atoms with E-state index in [1.807, 2.05) is 0 Å². The van der Waals surface area contributed by atoms with E-state index < -0.39 is 27.8 Å². The van der Waals surface area contributed by atoms with Gasteiger partial charge >= 0.3 is 0 Å².